The van der Waals surface area contributed by atoms with Gasteiger partial charge in [-0.2, -0.15) is 0 Å². The minimum absolute atomic E-state index is 0.648. The molecule has 0 spiro atoms. The monoisotopic (exact) mass is 448 g/mol. The average Bonchev–Trinajstić information content (AvgIpc) is 3.33. The number of hydrogen-bond donors (Lipinski definition) is 1. The van der Waals surface area contributed by atoms with Crippen LogP contribution in [-0.2, 0) is 24.2 Å². The summed E-state index contributed by atoms with van der Waals surface area (Å²) >= 11 is 0. The SMILES string of the molecule is COc1cc2c(cc1OCCN1CCOCC1)CN(Cc1cnc(-c3ccccc3)[nH]1)CC2. The molecular formula is C26H32N4O3. The number of imidazole rings is 1. The number of nitrogens with one attached hydrogen (secondary N) is 1. The minimum atomic E-state index is 0.648. The molecule has 3 aromatic rings. The van der Waals surface area contributed by atoms with Crippen molar-refractivity contribution in [3.05, 3.63) is 65.5 Å². The Morgan fingerprint density at radius 1 is 1.00 bits per heavy atom. The van der Waals surface area contributed by atoms with Crippen molar-refractivity contribution in [1.29, 1.82) is 0 Å². The van der Waals surface area contributed by atoms with E-state index in [1.165, 1.54) is 11.1 Å². The smallest absolute Gasteiger partial charge is 0.161 e. The van der Waals surface area contributed by atoms with Crippen LogP contribution in [0.25, 0.3) is 11.4 Å². The summed E-state index contributed by atoms with van der Waals surface area (Å²) in [6.07, 6.45) is 2.95. The van der Waals surface area contributed by atoms with Crippen molar-refractivity contribution in [2.24, 2.45) is 0 Å². The maximum atomic E-state index is 6.16. The number of aromatic amines is 1. The van der Waals surface area contributed by atoms with Crippen LogP contribution >= 0.6 is 0 Å². The molecule has 0 saturated carbocycles. The van der Waals surface area contributed by atoms with Gasteiger partial charge >= 0.3 is 0 Å². The second kappa shape index (κ2) is 10.4. The molecule has 0 unspecified atom stereocenters. The molecule has 7 nitrogen and oxygen atoms in total. The van der Waals surface area contributed by atoms with Crippen molar-refractivity contribution >= 4 is 0 Å². The zero-order chi connectivity index (χ0) is 22.5. The normalized spacial score (nSPS) is 17.0. The van der Waals surface area contributed by atoms with Gasteiger partial charge in [-0.3, -0.25) is 9.80 Å². The van der Waals surface area contributed by atoms with E-state index in [-0.39, 0.29) is 0 Å². The Bertz CT molecular complexity index is 1050. The van der Waals surface area contributed by atoms with E-state index in [0.717, 1.165) is 87.5 Å². The van der Waals surface area contributed by atoms with Crippen LogP contribution in [0, 0.1) is 0 Å². The fourth-order valence-corrected chi connectivity index (χ4v) is 4.56. The Balaban J connectivity index is 1.22. The summed E-state index contributed by atoms with van der Waals surface area (Å²) in [6.45, 7) is 7.85. The second-order valence-electron chi connectivity index (χ2n) is 8.66. The topological polar surface area (TPSA) is 62.9 Å². The van der Waals surface area contributed by atoms with Gasteiger partial charge in [-0.05, 0) is 29.7 Å². The van der Waals surface area contributed by atoms with Crippen molar-refractivity contribution in [3.63, 3.8) is 0 Å². The molecule has 0 bridgehead atoms. The maximum Gasteiger partial charge on any atom is 0.161 e. The van der Waals surface area contributed by atoms with E-state index >= 15 is 0 Å². The second-order valence-corrected chi connectivity index (χ2v) is 8.66. The first-order valence-corrected chi connectivity index (χ1v) is 11.7. The Kier molecular flexibility index (Phi) is 6.90. The van der Waals surface area contributed by atoms with Crippen LogP contribution in [0.15, 0.2) is 48.7 Å². The zero-order valence-electron chi connectivity index (χ0n) is 19.3. The van der Waals surface area contributed by atoms with Gasteiger partial charge in [0.05, 0.1) is 20.3 Å². The molecule has 1 aromatic heterocycles. The number of morpholine rings is 1. The summed E-state index contributed by atoms with van der Waals surface area (Å²) < 4.78 is 17.2. The molecule has 3 heterocycles. The number of methoxy groups -OCH3 is 1. The molecule has 1 saturated heterocycles. The van der Waals surface area contributed by atoms with Gasteiger partial charge in [0.25, 0.3) is 0 Å². The Hall–Kier alpha value is -2.87. The third kappa shape index (κ3) is 5.38. The summed E-state index contributed by atoms with van der Waals surface area (Å²) in [5, 5.41) is 0. The van der Waals surface area contributed by atoms with Crippen LogP contribution in [0.1, 0.15) is 16.8 Å². The third-order valence-electron chi connectivity index (χ3n) is 6.42. The van der Waals surface area contributed by atoms with Gasteiger partial charge in [-0.15, -0.1) is 0 Å². The predicted octanol–water partition coefficient (Wildman–Crippen LogP) is 3.35. The molecule has 0 amide bonds. The van der Waals surface area contributed by atoms with E-state index in [1.807, 2.05) is 24.4 Å². The first-order chi connectivity index (χ1) is 16.3. The first kappa shape index (κ1) is 21.9. The molecule has 33 heavy (non-hydrogen) atoms. The van der Waals surface area contributed by atoms with E-state index in [4.69, 9.17) is 14.2 Å². The van der Waals surface area contributed by atoms with Gasteiger partial charge in [0.2, 0.25) is 0 Å². The third-order valence-corrected chi connectivity index (χ3v) is 6.42. The van der Waals surface area contributed by atoms with Crippen LogP contribution < -0.4 is 9.47 Å². The lowest BCUT2D eigenvalue weighted by Gasteiger charge is -2.29. The Labute approximate surface area is 195 Å². The molecule has 174 valence electrons. The number of fused-ring (bicyclic) bond motifs is 1. The molecule has 1 fully saturated rings. The van der Waals surface area contributed by atoms with E-state index in [2.05, 4.69) is 44.0 Å². The van der Waals surface area contributed by atoms with Crippen molar-refractivity contribution in [3.8, 4) is 22.9 Å². The maximum absolute atomic E-state index is 6.16. The summed E-state index contributed by atoms with van der Waals surface area (Å²) in [5.41, 5.74) is 4.90. The summed E-state index contributed by atoms with van der Waals surface area (Å²) in [7, 11) is 1.72. The largest absolute Gasteiger partial charge is 0.493 e. The number of rotatable bonds is 8. The number of aromatic nitrogens is 2. The molecular weight excluding hydrogens is 416 g/mol. The number of nitrogens with zero attached hydrogens (tertiary/aromatic N) is 3. The van der Waals surface area contributed by atoms with Crippen LogP contribution in [0.2, 0.25) is 0 Å². The average molecular weight is 449 g/mol. The number of ether oxygens (including phenoxy) is 3. The lowest BCUT2D eigenvalue weighted by molar-refractivity contribution is 0.0321. The van der Waals surface area contributed by atoms with Gasteiger partial charge in [0.1, 0.15) is 12.4 Å². The molecule has 0 aliphatic carbocycles. The van der Waals surface area contributed by atoms with E-state index < -0.39 is 0 Å². The molecule has 1 N–H and O–H groups in total. The molecule has 2 aliphatic heterocycles. The fourth-order valence-electron chi connectivity index (χ4n) is 4.56. The standard InChI is InChI=1S/C26H32N4O3/c1-31-24-15-21-7-8-30(19-23-17-27-26(28-23)20-5-3-2-4-6-20)18-22(21)16-25(24)33-14-11-29-9-12-32-13-10-29/h2-6,15-17H,7-14,18-19H2,1H3,(H,27,28). The highest BCUT2D eigenvalue weighted by Crippen LogP contribution is 2.34. The summed E-state index contributed by atoms with van der Waals surface area (Å²) in [6, 6.07) is 14.6. The van der Waals surface area contributed by atoms with Gasteiger partial charge in [0, 0.05) is 56.7 Å². The number of H-pyrrole nitrogens is 1. The van der Waals surface area contributed by atoms with E-state index in [1.54, 1.807) is 7.11 Å². The molecule has 2 aliphatic rings. The Morgan fingerprint density at radius 3 is 2.64 bits per heavy atom. The molecule has 5 rings (SSSR count). The van der Waals surface area contributed by atoms with Crippen LogP contribution in [-0.4, -0.2) is 72.9 Å². The zero-order valence-corrected chi connectivity index (χ0v) is 19.3. The van der Waals surface area contributed by atoms with Gasteiger partial charge in [-0.1, -0.05) is 30.3 Å². The quantitative estimate of drug-likeness (QED) is 0.570. The van der Waals surface area contributed by atoms with Crippen molar-refractivity contribution in [2.45, 2.75) is 19.5 Å². The molecule has 7 heteroatoms. The number of benzene rings is 2. The summed E-state index contributed by atoms with van der Waals surface area (Å²) in [4.78, 5) is 12.9. The molecule has 0 radical (unpaired) electrons. The first-order valence-electron chi connectivity index (χ1n) is 11.7. The molecule has 2 aromatic carbocycles. The van der Waals surface area contributed by atoms with E-state index in [0.29, 0.717) is 6.61 Å². The van der Waals surface area contributed by atoms with Crippen LogP contribution in [0.3, 0.4) is 0 Å². The van der Waals surface area contributed by atoms with Crippen LogP contribution in [0.4, 0.5) is 0 Å². The predicted molar refractivity (Wildman–Crippen MR) is 128 cm³/mol. The summed E-state index contributed by atoms with van der Waals surface area (Å²) in [5.74, 6) is 2.58. The van der Waals surface area contributed by atoms with Crippen molar-refractivity contribution in [2.75, 3.05) is 53.1 Å². The van der Waals surface area contributed by atoms with Gasteiger partial charge in [0.15, 0.2) is 11.5 Å². The highest BCUT2D eigenvalue weighted by molar-refractivity contribution is 5.54. The minimum Gasteiger partial charge on any atom is -0.493 e. The highest BCUT2D eigenvalue weighted by Gasteiger charge is 2.21. The molecule has 0 atom stereocenters. The van der Waals surface area contributed by atoms with Crippen molar-refractivity contribution < 1.29 is 14.2 Å². The fraction of sp³-hybridized carbons (Fsp3) is 0.423. The van der Waals surface area contributed by atoms with Gasteiger partial charge < -0.3 is 19.2 Å². The van der Waals surface area contributed by atoms with Crippen molar-refractivity contribution in [1.82, 2.24) is 19.8 Å². The lowest BCUT2D eigenvalue weighted by Crippen LogP contribution is -2.38. The van der Waals surface area contributed by atoms with Crippen LogP contribution in [0.5, 0.6) is 11.5 Å². The lowest BCUT2D eigenvalue weighted by atomic mass is 9.98. The highest BCUT2D eigenvalue weighted by atomic mass is 16.5. The number of hydrogen-bond acceptors (Lipinski definition) is 6. The Morgan fingerprint density at radius 2 is 1.82 bits per heavy atom. The van der Waals surface area contributed by atoms with Gasteiger partial charge in [-0.25, -0.2) is 4.98 Å². The van der Waals surface area contributed by atoms with E-state index in [9.17, 15) is 0 Å².